The van der Waals surface area contributed by atoms with Crippen LogP contribution in [0.3, 0.4) is 0 Å². The highest BCUT2D eigenvalue weighted by atomic mass is 16.5. The van der Waals surface area contributed by atoms with Gasteiger partial charge in [-0.1, -0.05) is 0 Å². The van der Waals surface area contributed by atoms with E-state index in [-0.39, 0.29) is 17.7 Å². The lowest BCUT2D eigenvalue weighted by Gasteiger charge is -2.32. The lowest BCUT2D eigenvalue weighted by atomic mass is 9.72. The maximum atomic E-state index is 11.0. The molecule has 0 radical (unpaired) electrons. The van der Waals surface area contributed by atoms with Crippen LogP contribution in [0.1, 0.15) is 32.6 Å². The van der Waals surface area contributed by atoms with Crippen LogP contribution in [0.2, 0.25) is 0 Å². The predicted octanol–water partition coefficient (Wildman–Crippen LogP) is 1.55. The molecule has 13 heavy (non-hydrogen) atoms. The van der Waals surface area contributed by atoms with Gasteiger partial charge in [0.15, 0.2) is 0 Å². The van der Waals surface area contributed by atoms with E-state index in [0.29, 0.717) is 12.3 Å². The standard InChI is InChI=1S/C10H16O3/c1-7(11)3-4-8-5-9(6-8)10(12)13-2/h8-9H,3-6H2,1-2H3. The van der Waals surface area contributed by atoms with Crippen LogP contribution in [-0.2, 0) is 14.3 Å². The van der Waals surface area contributed by atoms with Crippen molar-refractivity contribution >= 4 is 11.8 Å². The first-order valence-electron chi connectivity index (χ1n) is 4.70. The molecule has 0 saturated heterocycles. The molecule has 3 heteroatoms. The first kappa shape index (κ1) is 10.2. The van der Waals surface area contributed by atoms with Crippen LogP contribution in [0.4, 0.5) is 0 Å². The molecule has 0 aromatic rings. The molecule has 0 spiro atoms. The van der Waals surface area contributed by atoms with Gasteiger partial charge >= 0.3 is 5.97 Å². The molecule has 1 aliphatic carbocycles. The zero-order valence-electron chi connectivity index (χ0n) is 8.21. The van der Waals surface area contributed by atoms with E-state index in [1.165, 1.54) is 7.11 Å². The quantitative estimate of drug-likeness (QED) is 0.623. The van der Waals surface area contributed by atoms with Gasteiger partial charge in [0.2, 0.25) is 0 Å². The topological polar surface area (TPSA) is 43.4 Å². The average molecular weight is 184 g/mol. The zero-order chi connectivity index (χ0) is 9.84. The molecule has 3 nitrogen and oxygen atoms in total. The highest BCUT2D eigenvalue weighted by Gasteiger charge is 2.34. The normalized spacial score (nSPS) is 26.3. The van der Waals surface area contributed by atoms with Crippen LogP contribution in [0.25, 0.3) is 0 Å². The van der Waals surface area contributed by atoms with E-state index in [1.807, 2.05) is 0 Å². The maximum Gasteiger partial charge on any atom is 0.308 e. The Labute approximate surface area is 78.5 Å². The third kappa shape index (κ3) is 2.83. The predicted molar refractivity (Wildman–Crippen MR) is 48.1 cm³/mol. The van der Waals surface area contributed by atoms with Crippen molar-refractivity contribution in [3.05, 3.63) is 0 Å². The molecule has 1 fully saturated rings. The van der Waals surface area contributed by atoms with Gasteiger partial charge in [-0.2, -0.15) is 0 Å². The van der Waals surface area contributed by atoms with E-state index < -0.39 is 0 Å². The summed E-state index contributed by atoms with van der Waals surface area (Å²) in [6.45, 7) is 1.61. The van der Waals surface area contributed by atoms with Crippen molar-refractivity contribution < 1.29 is 14.3 Å². The average Bonchev–Trinajstić information content (AvgIpc) is 2.00. The third-order valence-corrected chi connectivity index (χ3v) is 2.67. The fourth-order valence-electron chi connectivity index (χ4n) is 1.74. The summed E-state index contributed by atoms with van der Waals surface area (Å²) < 4.78 is 4.62. The monoisotopic (exact) mass is 184 g/mol. The maximum absolute atomic E-state index is 11.0. The number of esters is 1. The lowest BCUT2D eigenvalue weighted by molar-refractivity contribution is -0.150. The molecule has 0 aliphatic heterocycles. The highest BCUT2D eigenvalue weighted by molar-refractivity contribution is 5.75. The second-order valence-electron chi connectivity index (χ2n) is 3.80. The number of ether oxygens (including phenoxy) is 1. The van der Waals surface area contributed by atoms with Gasteiger partial charge in [0.1, 0.15) is 5.78 Å². The Morgan fingerprint density at radius 1 is 1.38 bits per heavy atom. The molecule has 0 bridgehead atoms. The van der Waals surface area contributed by atoms with E-state index in [2.05, 4.69) is 4.74 Å². The first-order chi connectivity index (χ1) is 6.13. The first-order valence-corrected chi connectivity index (χ1v) is 4.70. The molecule has 74 valence electrons. The highest BCUT2D eigenvalue weighted by Crippen LogP contribution is 2.37. The summed E-state index contributed by atoms with van der Waals surface area (Å²) >= 11 is 0. The Morgan fingerprint density at radius 2 is 2.00 bits per heavy atom. The molecule has 0 N–H and O–H groups in total. The molecular weight excluding hydrogens is 168 g/mol. The number of methoxy groups -OCH3 is 1. The van der Waals surface area contributed by atoms with E-state index in [1.54, 1.807) is 6.92 Å². The van der Waals surface area contributed by atoms with Gasteiger partial charge in [0, 0.05) is 6.42 Å². The van der Waals surface area contributed by atoms with Gasteiger partial charge < -0.3 is 9.53 Å². The van der Waals surface area contributed by atoms with Crippen molar-refractivity contribution in [2.75, 3.05) is 7.11 Å². The number of carbonyl (C=O) groups is 2. The Bertz CT molecular complexity index is 204. The zero-order valence-corrected chi connectivity index (χ0v) is 8.21. The molecule has 0 unspecified atom stereocenters. The minimum Gasteiger partial charge on any atom is -0.469 e. The minimum atomic E-state index is -0.0981. The van der Waals surface area contributed by atoms with Gasteiger partial charge in [0.05, 0.1) is 13.0 Å². The van der Waals surface area contributed by atoms with Gasteiger partial charge in [-0.15, -0.1) is 0 Å². The number of carbonyl (C=O) groups excluding carboxylic acids is 2. The number of rotatable bonds is 4. The Balaban J connectivity index is 2.11. The fraction of sp³-hybridized carbons (Fsp3) is 0.800. The van der Waals surface area contributed by atoms with Gasteiger partial charge in [0.25, 0.3) is 0 Å². The SMILES string of the molecule is COC(=O)C1CC(CCC(C)=O)C1. The Morgan fingerprint density at radius 3 is 2.46 bits per heavy atom. The van der Waals surface area contributed by atoms with Crippen molar-refractivity contribution in [3.8, 4) is 0 Å². The van der Waals surface area contributed by atoms with E-state index >= 15 is 0 Å². The summed E-state index contributed by atoms with van der Waals surface area (Å²) in [4.78, 5) is 21.7. The smallest absolute Gasteiger partial charge is 0.308 e. The molecular formula is C10H16O3. The lowest BCUT2D eigenvalue weighted by Crippen LogP contribution is -2.31. The summed E-state index contributed by atoms with van der Waals surface area (Å²) in [5, 5.41) is 0. The molecule has 1 rings (SSSR count). The third-order valence-electron chi connectivity index (χ3n) is 2.67. The molecule has 1 aliphatic rings. The summed E-state index contributed by atoms with van der Waals surface area (Å²) in [7, 11) is 1.42. The van der Waals surface area contributed by atoms with Crippen molar-refractivity contribution in [1.82, 2.24) is 0 Å². The van der Waals surface area contributed by atoms with Crippen LogP contribution < -0.4 is 0 Å². The van der Waals surface area contributed by atoms with Gasteiger partial charge in [-0.3, -0.25) is 4.79 Å². The van der Waals surface area contributed by atoms with Crippen molar-refractivity contribution in [2.45, 2.75) is 32.6 Å². The molecule has 0 aromatic carbocycles. The largest absolute Gasteiger partial charge is 0.469 e. The Hall–Kier alpha value is -0.860. The van der Waals surface area contributed by atoms with Crippen LogP contribution in [0.15, 0.2) is 0 Å². The van der Waals surface area contributed by atoms with E-state index in [4.69, 9.17) is 0 Å². The number of hydrogen-bond acceptors (Lipinski definition) is 3. The number of ketones is 1. The minimum absolute atomic E-state index is 0.0981. The van der Waals surface area contributed by atoms with Crippen LogP contribution in [0, 0.1) is 11.8 Å². The summed E-state index contributed by atoms with van der Waals surface area (Å²) in [5.41, 5.74) is 0. The fourth-order valence-corrected chi connectivity index (χ4v) is 1.74. The van der Waals surface area contributed by atoms with E-state index in [9.17, 15) is 9.59 Å². The van der Waals surface area contributed by atoms with Crippen LogP contribution >= 0.6 is 0 Å². The summed E-state index contributed by atoms with van der Waals surface area (Å²) in [6, 6.07) is 0. The van der Waals surface area contributed by atoms with Crippen molar-refractivity contribution in [2.24, 2.45) is 11.8 Å². The Kier molecular flexibility index (Phi) is 3.46. The second kappa shape index (κ2) is 4.40. The number of Topliss-reactive ketones (excluding diaryl/α,β-unsaturated/α-hetero) is 1. The van der Waals surface area contributed by atoms with Crippen molar-refractivity contribution in [3.63, 3.8) is 0 Å². The molecule has 1 saturated carbocycles. The van der Waals surface area contributed by atoms with Crippen molar-refractivity contribution in [1.29, 1.82) is 0 Å². The summed E-state index contributed by atoms with van der Waals surface area (Å²) in [6.07, 6.45) is 3.39. The molecule has 0 amide bonds. The molecule has 0 heterocycles. The molecule has 0 atom stereocenters. The van der Waals surface area contributed by atoms with Crippen LogP contribution in [-0.4, -0.2) is 18.9 Å². The summed E-state index contributed by atoms with van der Waals surface area (Å²) in [5.74, 6) is 0.801. The second-order valence-corrected chi connectivity index (χ2v) is 3.80. The van der Waals surface area contributed by atoms with Crippen LogP contribution in [0.5, 0.6) is 0 Å². The van der Waals surface area contributed by atoms with Gasteiger partial charge in [-0.05, 0) is 32.1 Å². The molecule has 0 aromatic heterocycles. The van der Waals surface area contributed by atoms with Gasteiger partial charge in [-0.25, -0.2) is 0 Å². The number of hydrogen-bond donors (Lipinski definition) is 0. The van der Waals surface area contributed by atoms with E-state index in [0.717, 1.165) is 19.3 Å².